The summed E-state index contributed by atoms with van der Waals surface area (Å²) < 4.78 is 4.87. The molecule has 2 rings (SSSR count). The second-order valence-electron chi connectivity index (χ2n) is 4.49. The van der Waals surface area contributed by atoms with E-state index in [1.54, 1.807) is 7.11 Å². The summed E-state index contributed by atoms with van der Waals surface area (Å²) in [5.74, 6) is -0.150. The quantitative estimate of drug-likeness (QED) is 0.812. The number of hydrogen-bond donors (Lipinski definition) is 1. The number of carbonyl (C=O) groups excluding carboxylic acids is 1. The van der Waals surface area contributed by atoms with Crippen LogP contribution in [0.5, 0.6) is 0 Å². The summed E-state index contributed by atoms with van der Waals surface area (Å²) in [4.78, 5) is 17.0. The molecule has 1 aromatic rings. The first kappa shape index (κ1) is 13.5. The molecule has 1 aliphatic heterocycles. The van der Waals surface area contributed by atoms with E-state index in [9.17, 15) is 4.79 Å². The van der Waals surface area contributed by atoms with E-state index >= 15 is 0 Å². The zero-order valence-electron chi connectivity index (χ0n) is 11.2. The Balaban J connectivity index is 1.88. The Morgan fingerprint density at radius 2 is 2.21 bits per heavy atom. The first-order valence-electron chi connectivity index (χ1n) is 6.27. The number of carbonyl (C=O) groups is 1. The fourth-order valence-corrected chi connectivity index (χ4v) is 1.82. The molecule has 0 bridgehead atoms. The van der Waals surface area contributed by atoms with Gasteiger partial charge in [-0.3, -0.25) is 4.79 Å². The number of aryl methyl sites for hydroxylation is 1. The third-order valence-electron chi connectivity index (χ3n) is 2.95. The highest BCUT2D eigenvalue weighted by molar-refractivity contribution is 6.04. The average Bonchev–Trinajstić information content (AvgIpc) is 2.89. The van der Waals surface area contributed by atoms with Gasteiger partial charge in [0.1, 0.15) is 0 Å². The monoisotopic (exact) mass is 262 g/mol. The second kappa shape index (κ2) is 6.33. The van der Waals surface area contributed by atoms with Gasteiger partial charge in [0.2, 0.25) is 6.10 Å². The van der Waals surface area contributed by atoms with Crippen molar-refractivity contribution < 1.29 is 14.4 Å². The van der Waals surface area contributed by atoms with Crippen LogP contribution in [-0.4, -0.2) is 38.0 Å². The minimum absolute atomic E-state index is 0.150. The Morgan fingerprint density at radius 3 is 2.89 bits per heavy atom. The Bertz CT molecular complexity index is 468. The zero-order valence-corrected chi connectivity index (χ0v) is 11.2. The molecule has 5 heteroatoms. The van der Waals surface area contributed by atoms with E-state index in [1.165, 1.54) is 5.56 Å². The number of amides is 1. The van der Waals surface area contributed by atoms with Crippen LogP contribution >= 0.6 is 0 Å². The molecule has 1 atom stereocenters. The predicted molar refractivity (Wildman–Crippen MR) is 72.1 cm³/mol. The summed E-state index contributed by atoms with van der Waals surface area (Å²) in [5, 5.41) is 6.74. The van der Waals surface area contributed by atoms with Gasteiger partial charge >= 0.3 is 0 Å². The van der Waals surface area contributed by atoms with Crippen LogP contribution in [0.1, 0.15) is 17.5 Å². The molecule has 1 N–H and O–H groups in total. The molecule has 1 heterocycles. The average molecular weight is 262 g/mol. The second-order valence-corrected chi connectivity index (χ2v) is 4.49. The van der Waals surface area contributed by atoms with Crippen LogP contribution in [0, 0.1) is 6.92 Å². The van der Waals surface area contributed by atoms with Crippen LogP contribution in [0.25, 0.3) is 0 Å². The van der Waals surface area contributed by atoms with Crippen LogP contribution < -0.4 is 5.32 Å². The Hall–Kier alpha value is -1.88. The number of nitrogens with zero attached hydrogens (tertiary/aromatic N) is 1. The summed E-state index contributed by atoms with van der Waals surface area (Å²) in [6, 6.07) is 8.01. The van der Waals surface area contributed by atoms with E-state index < -0.39 is 6.10 Å². The highest BCUT2D eigenvalue weighted by Gasteiger charge is 2.28. The molecule has 0 aliphatic carbocycles. The molecule has 1 amide bonds. The minimum Gasteiger partial charge on any atom is -0.383 e. The zero-order chi connectivity index (χ0) is 13.7. The van der Waals surface area contributed by atoms with Crippen molar-refractivity contribution in [3.8, 4) is 0 Å². The normalized spacial score (nSPS) is 17.8. The van der Waals surface area contributed by atoms with Gasteiger partial charge in [-0.25, -0.2) is 0 Å². The SMILES string of the molecule is COCCNC(=O)[C@@H]1CC(c2ccc(C)cc2)=NO1. The number of ether oxygens (including phenoxy) is 1. The number of rotatable bonds is 5. The fraction of sp³-hybridized carbons (Fsp3) is 0.429. The fourth-order valence-electron chi connectivity index (χ4n) is 1.82. The van der Waals surface area contributed by atoms with Gasteiger partial charge in [-0.1, -0.05) is 35.0 Å². The Kier molecular flexibility index (Phi) is 4.52. The molecule has 0 radical (unpaired) electrons. The molecule has 1 aromatic carbocycles. The van der Waals surface area contributed by atoms with E-state index in [2.05, 4.69) is 10.5 Å². The van der Waals surface area contributed by atoms with Gasteiger partial charge in [-0.15, -0.1) is 0 Å². The van der Waals surface area contributed by atoms with Gasteiger partial charge in [0.25, 0.3) is 5.91 Å². The number of hydrogen-bond acceptors (Lipinski definition) is 4. The van der Waals surface area contributed by atoms with E-state index in [1.807, 2.05) is 31.2 Å². The van der Waals surface area contributed by atoms with Crippen molar-refractivity contribution in [2.45, 2.75) is 19.4 Å². The van der Waals surface area contributed by atoms with Gasteiger partial charge in [0.05, 0.1) is 12.3 Å². The van der Waals surface area contributed by atoms with Crippen LogP contribution in [-0.2, 0) is 14.4 Å². The van der Waals surface area contributed by atoms with Crippen LogP contribution in [0.15, 0.2) is 29.4 Å². The lowest BCUT2D eigenvalue weighted by atomic mass is 10.0. The lowest BCUT2D eigenvalue weighted by Gasteiger charge is -2.08. The number of oxime groups is 1. The van der Waals surface area contributed by atoms with Gasteiger partial charge in [0.15, 0.2) is 0 Å². The molecule has 19 heavy (non-hydrogen) atoms. The van der Waals surface area contributed by atoms with Gasteiger partial charge < -0.3 is 14.9 Å². The molecular formula is C14H18N2O3. The molecule has 5 nitrogen and oxygen atoms in total. The molecule has 0 saturated carbocycles. The van der Waals surface area contributed by atoms with Crippen molar-refractivity contribution in [2.24, 2.45) is 5.16 Å². The predicted octanol–water partition coefficient (Wildman–Crippen LogP) is 1.25. The molecule has 102 valence electrons. The molecule has 0 aromatic heterocycles. The van der Waals surface area contributed by atoms with Gasteiger partial charge in [-0.2, -0.15) is 0 Å². The van der Waals surface area contributed by atoms with Crippen LogP contribution in [0.4, 0.5) is 0 Å². The van der Waals surface area contributed by atoms with Crippen molar-refractivity contribution in [1.82, 2.24) is 5.32 Å². The third-order valence-corrected chi connectivity index (χ3v) is 2.95. The maximum absolute atomic E-state index is 11.8. The van der Waals surface area contributed by atoms with Crippen molar-refractivity contribution >= 4 is 11.6 Å². The Morgan fingerprint density at radius 1 is 1.47 bits per heavy atom. The topological polar surface area (TPSA) is 59.9 Å². The first-order chi connectivity index (χ1) is 9.20. The van der Waals surface area contributed by atoms with Crippen molar-refractivity contribution in [3.05, 3.63) is 35.4 Å². The standard InChI is InChI=1S/C14H18N2O3/c1-10-3-5-11(6-4-10)12-9-13(19-16-12)14(17)15-7-8-18-2/h3-6,13H,7-9H2,1-2H3,(H,15,17)/t13-/m0/s1. The lowest BCUT2D eigenvalue weighted by molar-refractivity contribution is -0.131. The van der Waals surface area contributed by atoms with Crippen molar-refractivity contribution in [3.63, 3.8) is 0 Å². The van der Waals surface area contributed by atoms with Crippen LogP contribution in [0.2, 0.25) is 0 Å². The molecule has 0 unspecified atom stereocenters. The van der Waals surface area contributed by atoms with Crippen molar-refractivity contribution in [1.29, 1.82) is 0 Å². The number of nitrogens with one attached hydrogen (secondary N) is 1. The lowest BCUT2D eigenvalue weighted by Crippen LogP contribution is -2.36. The highest BCUT2D eigenvalue weighted by Crippen LogP contribution is 2.17. The molecular weight excluding hydrogens is 244 g/mol. The molecule has 1 aliphatic rings. The van der Waals surface area contributed by atoms with E-state index in [0.29, 0.717) is 19.6 Å². The summed E-state index contributed by atoms with van der Waals surface area (Å²) in [5.41, 5.74) is 3.00. The molecule has 0 fully saturated rings. The van der Waals surface area contributed by atoms with E-state index in [-0.39, 0.29) is 5.91 Å². The molecule has 0 saturated heterocycles. The Labute approximate surface area is 112 Å². The first-order valence-corrected chi connectivity index (χ1v) is 6.27. The largest absolute Gasteiger partial charge is 0.383 e. The number of benzene rings is 1. The summed E-state index contributed by atoms with van der Waals surface area (Å²) in [7, 11) is 1.59. The summed E-state index contributed by atoms with van der Waals surface area (Å²) >= 11 is 0. The summed E-state index contributed by atoms with van der Waals surface area (Å²) in [6.07, 6.45) is -0.0323. The van der Waals surface area contributed by atoms with Crippen molar-refractivity contribution in [2.75, 3.05) is 20.3 Å². The smallest absolute Gasteiger partial charge is 0.264 e. The minimum atomic E-state index is -0.534. The van der Waals surface area contributed by atoms with Gasteiger partial charge in [-0.05, 0) is 12.5 Å². The van der Waals surface area contributed by atoms with E-state index in [0.717, 1.165) is 11.3 Å². The van der Waals surface area contributed by atoms with E-state index in [4.69, 9.17) is 9.57 Å². The maximum Gasteiger partial charge on any atom is 0.264 e. The molecule has 0 spiro atoms. The number of methoxy groups -OCH3 is 1. The third kappa shape index (κ3) is 3.54. The summed E-state index contributed by atoms with van der Waals surface area (Å²) in [6.45, 7) is 3.00. The highest BCUT2D eigenvalue weighted by atomic mass is 16.6. The van der Waals surface area contributed by atoms with Gasteiger partial charge in [0, 0.05) is 20.1 Å². The van der Waals surface area contributed by atoms with Crippen LogP contribution in [0.3, 0.4) is 0 Å². The maximum atomic E-state index is 11.8.